The zero-order valence-corrected chi connectivity index (χ0v) is 8.88. The first-order valence-electron chi connectivity index (χ1n) is 5.18. The Morgan fingerprint density at radius 3 is 2.38 bits per heavy atom. The Kier molecular flexibility index (Phi) is 3.34. The van der Waals surface area contributed by atoms with E-state index in [1.54, 1.807) is 18.3 Å². The predicted molar refractivity (Wildman–Crippen MR) is 65.8 cm³/mol. The van der Waals surface area contributed by atoms with Crippen LogP contribution in [0.5, 0.6) is 5.75 Å². The molecule has 0 aliphatic heterocycles. The summed E-state index contributed by atoms with van der Waals surface area (Å²) in [5.41, 5.74) is 1.91. The highest BCUT2D eigenvalue weighted by Gasteiger charge is 1.94. The van der Waals surface area contributed by atoms with E-state index in [4.69, 9.17) is 0 Å². The van der Waals surface area contributed by atoms with E-state index in [0.29, 0.717) is 6.54 Å². The molecule has 80 valence electrons. The molecule has 0 saturated carbocycles. The number of nitrogens with zero attached hydrogens (tertiary/aromatic N) is 1. The van der Waals surface area contributed by atoms with Gasteiger partial charge in [0, 0.05) is 11.8 Å². The van der Waals surface area contributed by atoms with Crippen LogP contribution in [0.3, 0.4) is 0 Å². The fourth-order valence-corrected chi connectivity index (χ4v) is 1.43. The van der Waals surface area contributed by atoms with Crippen LogP contribution in [-0.2, 0) is 6.54 Å². The minimum atomic E-state index is 0.263. The molecule has 0 unspecified atom stereocenters. The van der Waals surface area contributed by atoms with Gasteiger partial charge in [0.25, 0.3) is 0 Å². The van der Waals surface area contributed by atoms with E-state index in [9.17, 15) is 5.11 Å². The van der Waals surface area contributed by atoms with Crippen LogP contribution >= 0.6 is 0 Å². The lowest BCUT2D eigenvalue weighted by Crippen LogP contribution is -1.84. The summed E-state index contributed by atoms with van der Waals surface area (Å²) in [6, 6.07) is 17.2. The Morgan fingerprint density at radius 1 is 0.938 bits per heavy atom. The molecule has 0 aliphatic carbocycles. The van der Waals surface area contributed by atoms with Gasteiger partial charge in [-0.25, -0.2) is 0 Å². The highest BCUT2D eigenvalue weighted by Crippen LogP contribution is 2.13. The number of phenols is 1. The molecule has 2 nitrogen and oxygen atoms in total. The fourth-order valence-electron chi connectivity index (χ4n) is 1.43. The summed E-state index contributed by atoms with van der Waals surface area (Å²) in [5, 5.41) is 9.52. The third-order valence-electron chi connectivity index (χ3n) is 2.28. The van der Waals surface area contributed by atoms with Gasteiger partial charge in [-0.1, -0.05) is 42.5 Å². The molecule has 2 heteroatoms. The molecular weight excluding hydrogens is 198 g/mol. The Hall–Kier alpha value is -2.09. The van der Waals surface area contributed by atoms with Crippen molar-refractivity contribution in [3.05, 3.63) is 65.7 Å². The SMILES string of the molecule is Oc1ccccc1/C=N/Cc1ccccc1. The summed E-state index contributed by atoms with van der Waals surface area (Å²) in [4.78, 5) is 4.29. The molecule has 0 spiro atoms. The van der Waals surface area contributed by atoms with Crippen molar-refractivity contribution in [3.63, 3.8) is 0 Å². The van der Waals surface area contributed by atoms with Gasteiger partial charge in [-0.2, -0.15) is 0 Å². The predicted octanol–water partition coefficient (Wildman–Crippen LogP) is 3.01. The van der Waals surface area contributed by atoms with Crippen molar-refractivity contribution in [3.8, 4) is 5.75 Å². The van der Waals surface area contributed by atoms with E-state index in [-0.39, 0.29) is 5.75 Å². The lowest BCUT2D eigenvalue weighted by molar-refractivity contribution is 0.474. The lowest BCUT2D eigenvalue weighted by Gasteiger charge is -1.97. The van der Waals surface area contributed by atoms with Crippen molar-refractivity contribution in [2.45, 2.75) is 6.54 Å². The van der Waals surface area contributed by atoms with Crippen molar-refractivity contribution in [1.82, 2.24) is 0 Å². The number of rotatable bonds is 3. The summed E-state index contributed by atoms with van der Waals surface area (Å²) in [6.07, 6.45) is 1.70. The summed E-state index contributed by atoms with van der Waals surface area (Å²) >= 11 is 0. The van der Waals surface area contributed by atoms with Crippen molar-refractivity contribution >= 4 is 6.21 Å². The first-order valence-corrected chi connectivity index (χ1v) is 5.18. The highest BCUT2D eigenvalue weighted by molar-refractivity contribution is 5.83. The number of para-hydroxylation sites is 1. The third-order valence-corrected chi connectivity index (χ3v) is 2.28. The van der Waals surface area contributed by atoms with E-state index in [2.05, 4.69) is 4.99 Å². The summed E-state index contributed by atoms with van der Waals surface area (Å²) in [7, 11) is 0. The van der Waals surface area contributed by atoms with E-state index >= 15 is 0 Å². The number of aromatic hydroxyl groups is 1. The van der Waals surface area contributed by atoms with Crippen molar-refractivity contribution in [2.24, 2.45) is 4.99 Å². The Bertz CT molecular complexity index is 477. The summed E-state index contributed by atoms with van der Waals surface area (Å²) < 4.78 is 0. The number of phenolic OH excluding ortho intramolecular Hbond substituents is 1. The molecule has 2 rings (SSSR count). The van der Waals surface area contributed by atoms with Gasteiger partial charge in [0.05, 0.1) is 6.54 Å². The van der Waals surface area contributed by atoms with E-state index < -0.39 is 0 Å². The molecule has 0 fully saturated rings. The molecule has 2 aromatic carbocycles. The molecule has 0 saturated heterocycles. The normalized spacial score (nSPS) is 10.8. The molecule has 0 amide bonds. The average Bonchev–Trinajstić information content (AvgIpc) is 2.33. The number of hydrogen-bond acceptors (Lipinski definition) is 2. The van der Waals surface area contributed by atoms with Gasteiger partial charge < -0.3 is 5.11 Å². The second-order valence-electron chi connectivity index (χ2n) is 3.51. The monoisotopic (exact) mass is 211 g/mol. The number of hydrogen-bond donors (Lipinski definition) is 1. The van der Waals surface area contributed by atoms with Crippen LogP contribution in [0.1, 0.15) is 11.1 Å². The van der Waals surface area contributed by atoms with Crippen LogP contribution < -0.4 is 0 Å². The maximum atomic E-state index is 9.52. The maximum Gasteiger partial charge on any atom is 0.124 e. The van der Waals surface area contributed by atoms with Crippen LogP contribution in [0.2, 0.25) is 0 Å². The maximum absolute atomic E-state index is 9.52. The van der Waals surface area contributed by atoms with Crippen LogP contribution in [0.15, 0.2) is 59.6 Å². The second-order valence-corrected chi connectivity index (χ2v) is 3.51. The van der Waals surface area contributed by atoms with E-state index in [1.165, 1.54) is 0 Å². The number of aliphatic imine (C=N–C) groups is 1. The minimum Gasteiger partial charge on any atom is -0.507 e. The molecule has 0 radical (unpaired) electrons. The zero-order valence-electron chi connectivity index (χ0n) is 8.88. The van der Waals surface area contributed by atoms with E-state index in [1.807, 2.05) is 42.5 Å². The zero-order chi connectivity index (χ0) is 11.2. The fraction of sp³-hybridized carbons (Fsp3) is 0.0714. The van der Waals surface area contributed by atoms with Gasteiger partial charge in [0.2, 0.25) is 0 Å². The summed E-state index contributed by atoms with van der Waals surface area (Å²) in [5.74, 6) is 0.263. The van der Waals surface area contributed by atoms with Crippen LogP contribution in [0.25, 0.3) is 0 Å². The van der Waals surface area contributed by atoms with Crippen LogP contribution in [-0.4, -0.2) is 11.3 Å². The second kappa shape index (κ2) is 5.12. The first kappa shape index (κ1) is 10.4. The standard InChI is InChI=1S/C14H13NO/c16-14-9-5-4-8-13(14)11-15-10-12-6-2-1-3-7-12/h1-9,11,16H,10H2/b15-11+. The van der Waals surface area contributed by atoms with Gasteiger partial charge >= 0.3 is 0 Å². The van der Waals surface area contributed by atoms with Crippen LogP contribution in [0.4, 0.5) is 0 Å². The van der Waals surface area contributed by atoms with Crippen molar-refractivity contribution in [2.75, 3.05) is 0 Å². The molecule has 1 N–H and O–H groups in total. The average molecular weight is 211 g/mol. The molecule has 0 aromatic heterocycles. The topological polar surface area (TPSA) is 32.6 Å². The van der Waals surface area contributed by atoms with Gasteiger partial charge in [0.15, 0.2) is 0 Å². The molecule has 2 aromatic rings. The molecular formula is C14H13NO. The van der Waals surface area contributed by atoms with E-state index in [0.717, 1.165) is 11.1 Å². The van der Waals surface area contributed by atoms with Gasteiger partial charge in [-0.05, 0) is 17.7 Å². The Morgan fingerprint density at radius 2 is 1.62 bits per heavy atom. The molecule has 0 atom stereocenters. The van der Waals surface area contributed by atoms with Gasteiger partial charge in [-0.3, -0.25) is 4.99 Å². The molecule has 16 heavy (non-hydrogen) atoms. The Balaban J connectivity index is 2.03. The number of benzene rings is 2. The summed E-state index contributed by atoms with van der Waals surface area (Å²) in [6.45, 7) is 0.634. The van der Waals surface area contributed by atoms with Crippen molar-refractivity contribution in [1.29, 1.82) is 0 Å². The molecule has 0 heterocycles. The first-order chi connectivity index (χ1) is 7.86. The highest BCUT2D eigenvalue weighted by atomic mass is 16.3. The van der Waals surface area contributed by atoms with Gasteiger partial charge in [0.1, 0.15) is 5.75 Å². The van der Waals surface area contributed by atoms with Crippen molar-refractivity contribution < 1.29 is 5.11 Å². The smallest absolute Gasteiger partial charge is 0.124 e. The largest absolute Gasteiger partial charge is 0.507 e. The lowest BCUT2D eigenvalue weighted by atomic mass is 10.2. The molecule has 0 bridgehead atoms. The third kappa shape index (κ3) is 2.70. The Labute approximate surface area is 94.9 Å². The minimum absolute atomic E-state index is 0.263. The van der Waals surface area contributed by atoms with Gasteiger partial charge in [-0.15, -0.1) is 0 Å². The van der Waals surface area contributed by atoms with Crippen LogP contribution in [0, 0.1) is 0 Å². The molecule has 0 aliphatic rings. The quantitative estimate of drug-likeness (QED) is 0.778.